The van der Waals surface area contributed by atoms with Gasteiger partial charge in [0.1, 0.15) is 17.2 Å². The van der Waals surface area contributed by atoms with Crippen LogP contribution >= 0.6 is 0 Å². The van der Waals surface area contributed by atoms with Crippen molar-refractivity contribution < 1.29 is 19.0 Å². The minimum Gasteiger partial charge on any atom is -0.494 e. The fourth-order valence-electron chi connectivity index (χ4n) is 5.46. The van der Waals surface area contributed by atoms with Gasteiger partial charge in [-0.2, -0.15) is 0 Å². The lowest BCUT2D eigenvalue weighted by Crippen LogP contribution is -2.20. The smallest absolute Gasteiger partial charge is 0.343 e. The highest BCUT2D eigenvalue weighted by Crippen LogP contribution is 2.36. The minimum atomic E-state index is -0.385. The highest BCUT2D eigenvalue weighted by atomic mass is 16.5. The first-order valence-electron chi connectivity index (χ1n) is 15.0. The van der Waals surface area contributed by atoms with E-state index >= 15 is 0 Å². The molecular weight excluding hydrogens is 472 g/mol. The highest BCUT2D eigenvalue weighted by molar-refractivity contribution is 5.91. The number of esters is 1. The average molecular weight is 521 g/mol. The first kappa shape index (κ1) is 29.8. The maximum atomic E-state index is 12.5. The minimum absolute atomic E-state index is 0.385. The van der Waals surface area contributed by atoms with Gasteiger partial charge in [0.2, 0.25) is 0 Å². The lowest BCUT2D eigenvalue weighted by molar-refractivity contribution is 0.0734. The predicted molar refractivity (Wildman–Crippen MR) is 156 cm³/mol. The first-order valence-corrected chi connectivity index (χ1v) is 15.0. The number of benzene rings is 2. The van der Waals surface area contributed by atoms with Crippen LogP contribution in [0.25, 0.3) is 0 Å². The topological polar surface area (TPSA) is 44.8 Å². The van der Waals surface area contributed by atoms with Gasteiger partial charge in [0, 0.05) is 0 Å². The maximum absolute atomic E-state index is 12.5. The molecule has 0 saturated heterocycles. The zero-order chi connectivity index (χ0) is 26.8. The summed E-state index contributed by atoms with van der Waals surface area (Å²) in [6.45, 7) is 7.36. The van der Waals surface area contributed by atoms with Crippen LogP contribution in [0, 0.1) is 11.8 Å². The summed E-state index contributed by atoms with van der Waals surface area (Å²) in [5.74, 6) is 3.48. The summed E-state index contributed by atoms with van der Waals surface area (Å²) in [6.07, 6.45) is 20.1. The average Bonchev–Trinajstić information content (AvgIpc) is 2.95. The summed E-state index contributed by atoms with van der Waals surface area (Å²) in [5.41, 5.74) is 0.491. The molecule has 0 bridgehead atoms. The Bertz CT molecular complexity index is 919. The summed E-state index contributed by atoms with van der Waals surface area (Å²) in [5, 5.41) is 0. The number of hydrogen-bond donors (Lipinski definition) is 0. The van der Waals surface area contributed by atoms with E-state index in [-0.39, 0.29) is 5.97 Å². The molecule has 0 radical (unpaired) electrons. The molecule has 3 rings (SSSR count). The molecular formula is C34H48O4. The van der Waals surface area contributed by atoms with Gasteiger partial charge in [-0.3, -0.25) is 0 Å². The quantitative estimate of drug-likeness (QED) is 0.0849. The van der Waals surface area contributed by atoms with Gasteiger partial charge in [-0.1, -0.05) is 77.2 Å². The van der Waals surface area contributed by atoms with Gasteiger partial charge in [-0.15, -0.1) is 6.58 Å². The number of carbonyl (C=O) groups is 1. The molecule has 0 spiro atoms. The number of hydrogen-bond acceptors (Lipinski definition) is 4. The number of ether oxygens (including phenoxy) is 3. The summed E-state index contributed by atoms with van der Waals surface area (Å²) in [7, 11) is 0. The Morgan fingerprint density at radius 2 is 1.32 bits per heavy atom. The Kier molecular flexibility index (Phi) is 13.9. The molecule has 2 aromatic rings. The Hall–Kier alpha value is -2.75. The van der Waals surface area contributed by atoms with Crippen LogP contribution < -0.4 is 14.2 Å². The molecule has 1 aliphatic rings. The van der Waals surface area contributed by atoms with Crippen molar-refractivity contribution in [2.45, 2.75) is 96.8 Å². The summed E-state index contributed by atoms with van der Waals surface area (Å²) >= 11 is 0. The van der Waals surface area contributed by atoms with Crippen LogP contribution in [-0.2, 0) is 0 Å². The first-order chi connectivity index (χ1) is 18.7. The van der Waals surface area contributed by atoms with E-state index in [1.54, 1.807) is 36.4 Å². The van der Waals surface area contributed by atoms with Crippen molar-refractivity contribution in [2.75, 3.05) is 13.2 Å². The van der Waals surface area contributed by atoms with Gasteiger partial charge in [0.05, 0.1) is 18.8 Å². The van der Waals surface area contributed by atoms with Crippen LogP contribution in [0.15, 0.2) is 61.2 Å². The molecule has 208 valence electrons. The van der Waals surface area contributed by atoms with Crippen LogP contribution in [-0.4, -0.2) is 19.2 Å². The fourth-order valence-corrected chi connectivity index (χ4v) is 5.46. The lowest BCUT2D eigenvalue weighted by atomic mass is 9.74. The number of rotatable bonds is 18. The third-order valence-electron chi connectivity index (χ3n) is 7.68. The molecule has 2 aromatic carbocycles. The molecule has 4 nitrogen and oxygen atoms in total. The molecule has 2 atom stereocenters. The van der Waals surface area contributed by atoms with Crippen molar-refractivity contribution in [1.29, 1.82) is 0 Å². The lowest BCUT2D eigenvalue weighted by Gasteiger charge is -2.31. The zero-order valence-electron chi connectivity index (χ0n) is 23.5. The largest absolute Gasteiger partial charge is 0.494 e. The normalized spacial score (nSPS) is 17.1. The van der Waals surface area contributed by atoms with Crippen LogP contribution in [0.1, 0.15) is 107 Å². The Morgan fingerprint density at radius 1 is 0.763 bits per heavy atom. The van der Waals surface area contributed by atoms with Gasteiger partial charge in [-0.25, -0.2) is 4.79 Å². The molecule has 4 heteroatoms. The van der Waals surface area contributed by atoms with Gasteiger partial charge >= 0.3 is 5.97 Å². The second-order valence-electron chi connectivity index (χ2n) is 10.7. The summed E-state index contributed by atoms with van der Waals surface area (Å²) in [4.78, 5) is 12.5. The van der Waals surface area contributed by atoms with Crippen molar-refractivity contribution in [3.05, 3.63) is 66.7 Å². The highest BCUT2D eigenvalue weighted by Gasteiger charge is 2.24. The van der Waals surface area contributed by atoms with Crippen molar-refractivity contribution in [2.24, 2.45) is 11.8 Å². The monoisotopic (exact) mass is 520 g/mol. The second kappa shape index (κ2) is 17.7. The van der Waals surface area contributed by atoms with Crippen molar-refractivity contribution >= 4 is 5.97 Å². The molecule has 1 saturated carbocycles. The van der Waals surface area contributed by atoms with E-state index in [1.165, 1.54) is 70.6 Å². The predicted octanol–water partition coefficient (Wildman–Crippen LogP) is 9.58. The Balaban J connectivity index is 1.34. The molecule has 1 aliphatic carbocycles. The van der Waals surface area contributed by atoms with Gasteiger partial charge in [-0.05, 0) is 86.1 Å². The zero-order valence-corrected chi connectivity index (χ0v) is 23.5. The van der Waals surface area contributed by atoms with E-state index in [1.807, 2.05) is 18.2 Å². The number of unbranched alkanes of at least 4 members (excludes halogenated alkanes) is 5. The fraction of sp³-hybridized carbons (Fsp3) is 0.559. The van der Waals surface area contributed by atoms with Gasteiger partial charge < -0.3 is 14.2 Å². The molecule has 0 amide bonds. The standard InChI is InChI=1S/C34H48O4/c1-3-5-7-8-9-14-28-15-10-11-16-29(28)17-13-27-37-32-22-24-33(25-23-32)38-34(35)30-18-20-31(21-19-30)36-26-12-6-4-2/h4,18-25,28-29H,2-3,5-17,26-27H2,1H3. The van der Waals surface area contributed by atoms with E-state index in [4.69, 9.17) is 14.2 Å². The molecule has 38 heavy (non-hydrogen) atoms. The number of carbonyl (C=O) groups excluding carboxylic acids is 1. The van der Waals surface area contributed by atoms with Crippen LogP contribution in [0.5, 0.6) is 17.2 Å². The Morgan fingerprint density at radius 3 is 1.95 bits per heavy atom. The van der Waals surface area contributed by atoms with Crippen molar-refractivity contribution in [3.8, 4) is 17.2 Å². The van der Waals surface area contributed by atoms with Crippen LogP contribution in [0.4, 0.5) is 0 Å². The van der Waals surface area contributed by atoms with E-state index in [0.29, 0.717) is 17.9 Å². The third kappa shape index (κ3) is 10.9. The SMILES string of the molecule is C=CCCCOc1ccc(C(=O)Oc2ccc(OCCCC3CCCCC3CCCCCCC)cc2)cc1. The van der Waals surface area contributed by atoms with Crippen LogP contribution in [0.3, 0.4) is 0 Å². The molecule has 0 aliphatic heterocycles. The van der Waals surface area contributed by atoms with Crippen molar-refractivity contribution in [1.82, 2.24) is 0 Å². The second-order valence-corrected chi connectivity index (χ2v) is 10.7. The number of allylic oxidation sites excluding steroid dienone is 1. The molecule has 0 aromatic heterocycles. The van der Waals surface area contributed by atoms with Gasteiger partial charge in [0.25, 0.3) is 0 Å². The molecule has 0 heterocycles. The summed E-state index contributed by atoms with van der Waals surface area (Å²) < 4.78 is 17.2. The maximum Gasteiger partial charge on any atom is 0.343 e. The van der Waals surface area contributed by atoms with Crippen LogP contribution in [0.2, 0.25) is 0 Å². The van der Waals surface area contributed by atoms with E-state index in [9.17, 15) is 4.79 Å². The third-order valence-corrected chi connectivity index (χ3v) is 7.68. The molecule has 2 unspecified atom stereocenters. The molecule has 0 N–H and O–H groups in total. The Labute approximate surface area is 230 Å². The van der Waals surface area contributed by atoms with E-state index in [2.05, 4.69) is 13.5 Å². The van der Waals surface area contributed by atoms with E-state index < -0.39 is 0 Å². The van der Waals surface area contributed by atoms with Crippen molar-refractivity contribution in [3.63, 3.8) is 0 Å². The van der Waals surface area contributed by atoms with E-state index in [0.717, 1.165) is 49.2 Å². The summed E-state index contributed by atoms with van der Waals surface area (Å²) in [6, 6.07) is 14.4. The van der Waals surface area contributed by atoms with Gasteiger partial charge in [0.15, 0.2) is 0 Å². The molecule has 1 fully saturated rings.